The fourth-order valence-electron chi connectivity index (χ4n) is 3.43. The predicted octanol–water partition coefficient (Wildman–Crippen LogP) is -0.181. The van der Waals surface area contributed by atoms with Crippen molar-refractivity contribution in [3.05, 3.63) is 65.4 Å². The van der Waals surface area contributed by atoms with Crippen LogP contribution in [0.3, 0.4) is 0 Å². The number of nitrogens with one attached hydrogen (secondary N) is 3. The molecule has 10 nitrogen and oxygen atoms in total. The number of aromatic nitrogens is 2. The number of ether oxygens (including phenoxy) is 1. The average molecular weight is 426 g/mol. The van der Waals surface area contributed by atoms with Crippen LogP contribution in [0.5, 0.6) is 5.75 Å². The number of carbonyl (C=O) groups excluding carboxylic acids is 1. The summed E-state index contributed by atoms with van der Waals surface area (Å²) in [6.45, 7) is 0.247. The summed E-state index contributed by atoms with van der Waals surface area (Å²) in [7, 11) is 0. The molecule has 0 aliphatic carbocycles. The van der Waals surface area contributed by atoms with E-state index in [1.807, 2.05) is 36.4 Å². The molecule has 3 atom stereocenters. The quantitative estimate of drug-likeness (QED) is 0.357. The van der Waals surface area contributed by atoms with E-state index in [2.05, 4.69) is 21.0 Å². The van der Waals surface area contributed by atoms with Gasteiger partial charge in [0, 0.05) is 18.7 Å². The molecule has 2 aliphatic rings. The Morgan fingerprint density at radius 2 is 2.32 bits per heavy atom. The Morgan fingerprint density at radius 1 is 1.45 bits per heavy atom. The number of hydrogen-bond acceptors (Lipinski definition) is 8. The normalized spacial score (nSPS) is 20.9. The third-order valence-corrected chi connectivity index (χ3v) is 5.07. The van der Waals surface area contributed by atoms with Gasteiger partial charge in [0.2, 0.25) is 0 Å². The zero-order chi connectivity index (χ0) is 21.8. The Kier molecular flexibility index (Phi) is 6.21. The molecule has 164 valence electrons. The minimum absolute atomic E-state index is 0.00121. The van der Waals surface area contributed by atoms with Gasteiger partial charge in [0.1, 0.15) is 24.2 Å². The summed E-state index contributed by atoms with van der Waals surface area (Å²) in [5.41, 5.74) is 11.2. The zero-order valence-corrected chi connectivity index (χ0v) is 16.9. The monoisotopic (exact) mass is 426 g/mol. The third kappa shape index (κ3) is 4.88. The second-order valence-corrected chi connectivity index (χ2v) is 7.44. The van der Waals surface area contributed by atoms with Crippen LogP contribution in [0.2, 0.25) is 0 Å². The van der Waals surface area contributed by atoms with Gasteiger partial charge in [0.05, 0.1) is 25.0 Å². The van der Waals surface area contributed by atoms with Crippen LogP contribution >= 0.6 is 0 Å². The fourth-order valence-corrected chi connectivity index (χ4v) is 3.43. The summed E-state index contributed by atoms with van der Waals surface area (Å²) in [5.74, 6) is 0.932. The van der Waals surface area contributed by atoms with Crippen LogP contribution in [0.15, 0.2) is 48.3 Å². The van der Waals surface area contributed by atoms with Crippen molar-refractivity contribution in [3.8, 4) is 5.75 Å². The van der Waals surface area contributed by atoms with Crippen molar-refractivity contribution in [2.24, 2.45) is 5.73 Å². The van der Waals surface area contributed by atoms with Crippen molar-refractivity contribution >= 4 is 12.0 Å². The molecule has 0 fully saturated rings. The van der Waals surface area contributed by atoms with E-state index in [-0.39, 0.29) is 31.3 Å². The summed E-state index contributed by atoms with van der Waals surface area (Å²) in [5, 5.41) is 24.5. The highest BCUT2D eigenvalue weighted by atomic mass is 16.5. The van der Waals surface area contributed by atoms with Crippen molar-refractivity contribution < 1.29 is 19.7 Å². The van der Waals surface area contributed by atoms with Crippen LogP contribution in [0.1, 0.15) is 34.3 Å². The molecular formula is C21H26N6O4. The van der Waals surface area contributed by atoms with Crippen molar-refractivity contribution in [1.29, 1.82) is 0 Å². The van der Waals surface area contributed by atoms with Crippen LogP contribution in [0, 0.1) is 0 Å². The van der Waals surface area contributed by atoms with E-state index in [9.17, 15) is 9.90 Å². The topological polar surface area (TPSA) is 147 Å². The summed E-state index contributed by atoms with van der Waals surface area (Å²) < 4.78 is 7.19. The Labute approximate surface area is 179 Å². The van der Waals surface area contributed by atoms with Crippen LogP contribution in [-0.4, -0.2) is 57.8 Å². The van der Waals surface area contributed by atoms with Crippen molar-refractivity contribution in [2.45, 2.75) is 24.7 Å². The number of rotatable bonds is 7. The summed E-state index contributed by atoms with van der Waals surface area (Å²) in [6.07, 6.45) is 6.59. The molecule has 1 aromatic carbocycles. The molecule has 0 saturated heterocycles. The molecule has 1 aromatic heterocycles. The molecule has 3 heterocycles. The van der Waals surface area contributed by atoms with Crippen LogP contribution in [0.4, 0.5) is 0 Å². The molecule has 2 aromatic rings. The number of amides is 1. The number of nitrogens with two attached hydrogens (primary N) is 1. The van der Waals surface area contributed by atoms with Gasteiger partial charge in [0.25, 0.3) is 5.91 Å². The highest BCUT2D eigenvalue weighted by Crippen LogP contribution is 2.25. The molecule has 31 heavy (non-hydrogen) atoms. The van der Waals surface area contributed by atoms with E-state index in [0.29, 0.717) is 30.2 Å². The Balaban J connectivity index is 1.46. The van der Waals surface area contributed by atoms with Crippen LogP contribution in [-0.2, 0) is 0 Å². The van der Waals surface area contributed by atoms with Crippen molar-refractivity contribution in [1.82, 2.24) is 20.3 Å². The average Bonchev–Trinajstić information content (AvgIpc) is 3.21. The van der Waals surface area contributed by atoms with Crippen molar-refractivity contribution in [2.75, 3.05) is 25.2 Å². The molecule has 10 heteroatoms. The van der Waals surface area contributed by atoms with Crippen molar-refractivity contribution in [3.63, 3.8) is 0 Å². The largest absolute Gasteiger partial charge is 0.491 e. The van der Waals surface area contributed by atoms with E-state index in [0.717, 1.165) is 11.3 Å². The molecule has 0 bridgehead atoms. The molecule has 0 saturated carbocycles. The first kappa shape index (κ1) is 20.9. The number of hydrogen-bond donors (Lipinski definition) is 6. The van der Waals surface area contributed by atoms with Gasteiger partial charge in [-0.2, -0.15) is 0 Å². The molecule has 4 rings (SSSR count). The van der Waals surface area contributed by atoms with Crippen LogP contribution in [0.25, 0.3) is 6.08 Å². The molecule has 0 radical (unpaired) electrons. The third-order valence-electron chi connectivity index (χ3n) is 5.07. The first-order valence-corrected chi connectivity index (χ1v) is 10.1. The standard InChI is InChI=1S/C21H26N6O4/c22-14-6-7-23-19(9-14)25-21(30)18-10-24-20-5-4-17(26-27(18)20)13-2-1-3-16(8-13)31-12-15(29)11-28/h1-6,8,10,15,17,19,23,26,28-29H,7,9,11-12,22H2,(H,25,30)/t15-,17?,19?/m1/s1. The zero-order valence-electron chi connectivity index (χ0n) is 16.9. The highest BCUT2D eigenvalue weighted by molar-refractivity contribution is 5.93. The highest BCUT2D eigenvalue weighted by Gasteiger charge is 2.24. The molecule has 7 N–H and O–H groups in total. The lowest BCUT2D eigenvalue weighted by Crippen LogP contribution is -2.48. The Bertz CT molecular complexity index is 1000. The lowest BCUT2D eigenvalue weighted by atomic mass is 10.1. The van der Waals surface area contributed by atoms with Gasteiger partial charge in [-0.25, -0.2) is 9.66 Å². The molecule has 2 aliphatic heterocycles. The van der Waals surface area contributed by atoms with Gasteiger partial charge in [-0.15, -0.1) is 0 Å². The number of imidazole rings is 1. The van der Waals surface area contributed by atoms with Gasteiger partial charge < -0.3 is 31.4 Å². The number of nitrogens with zero attached hydrogens (tertiary/aromatic N) is 2. The molecular weight excluding hydrogens is 400 g/mol. The fraction of sp³-hybridized carbons (Fsp3) is 0.333. The minimum atomic E-state index is -0.935. The van der Waals surface area contributed by atoms with E-state index in [1.54, 1.807) is 10.7 Å². The van der Waals surface area contributed by atoms with Gasteiger partial charge in [-0.3, -0.25) is 10.1 Å². The maximum atomic E-state index is 12.8. The first-order valence-electron chi connectivity index (χ1n) is 10.1. The van der Waals surface area contributed by atoms with Gasteiger partial charge >= 0.3 is 0 Å². The first-order chi connectivity index (χ1) is 15.0. The second kappa shape index (κ2) is 9.21. The summed E-state index contributed by atoms with van der Waals surface area (Å²) >= 11 is 0. The second-order valence-electron chi connectivity index (χ2n) is 7.44. The number of carbonyl (C=O) groups is 1. The van der Waals surface area contributed by atoms with E-state index < -0.39 is 6.10 Å². The number of fused-ring (bicyclic) bond motifs is 1. The lowest BCUT2D eigenvalue weighted by Gasteiger charge is -2.26. The minimum Gasteiger partial charge on any atom is -0.491 e. The maximum Gasteiger partial charge on any atom is 0.272 e. The maximum absolute atomic E-state index is 12.8. The van der Waals surface area contributed by atoms with E-state index in [1.165, 1.54) is 6.20 Å². The smallest absolute Gasteiger partial charge is 0.272 e. The van der Waals surface area contributed by atoms with Gasteiger partial charge in [-0.1, -0.05) is 24.3 Å². The predicted molar refractivity (Wildman–Crippen MR) is 115 cm³/mol. The van der Waals surface area contributed by atoms with Gasteiger partial charge in [0.15, 0.2) is 5.82 Å². The van der Waals surface area contributed by atoms with Crippen LogP contribution < -0.4 is 26.5 Å². The molecule has 1 amide bonds. The van der Waals surface area contributed by atoms with E-state index >= 15 is 0 Å². The molecule has 2 unspecified atom stereocenters. The number of benzene rings is 1. The lowest BCUT2D eigenvalue weighted by molar-refractivity contribution is 0.0536. The molecule has 0 spiro atoms. The summed E-state index contributed by atoms with van der Waals surface area (Å²) in [4.78, 5) is 17.1. The number of aliphatic hydroxyl groups is 2. The van der Waals surface area contributed by atoms with Gasteiger partial charge in [-0.05, 0) is 23.8 Å². The Hall–Kier alpha value is -3.34. The van der Waals surface area contributed by atoms with E-state index in [4.69, 9.17) is 15.6 Å². The Morgan fingerprint density at radius 3 is 3.13 bits per heavy atom. The SMILES string of the molecule is NC1=CCNC(NC(=O)c2cnc3n2NC(c2cccc(OC[C@H](O)CO)c2)C=C3)C1. The summed E-state index contributed by atoms with van der Waals surface area (Å²) in [6, 6.07) is 7.18. The number of aliphatic hydroxyl groups excluding tert-OH is 2.